The highest BCUT2D eigenvalue weighted by atomic mass is 16.6. The Hall–Kier alpha value is -3.13. The number of Topliss-reactive ketones (excluding diaryl/α,β-unsaturated/α-hetero) is 1. The molecule has 8 heteroatoms. The van der Waals surface area contributed by atoms with Crippen molar-refractivity contribution < 1.29 is 33.6 Å². The van der Waals surface area contributed by atoms with Crippen LogP contribution in [-0.4, -0.2) is 53.9 Å². The van der Waals surface area contributed by atoms with E-state index in [-0.39, 0.29) is 29.7 Å². The third-order valence-corrected chi connectivity index (χ3v) is 5.34. The zero-order valence-corrected chi connectivity index (χ0v) is 20.5. The molecule has 0 saturated carbocycles. The Morgan fingerprint density at radius 2 is 1.79 bits per heavy atom. The summed E-state index contributed by atoms with van der Waals surface area (Å²) < 4.78 is 22.9. The molecule has 2 aromatic rings. The summed E-state index contributed by atoms with van der Waals surface area (Å²) >= 11 is 0. The molecule has 0 aliphatic rings. The van der Waals surface area contributed by atoms with Gasteiger partial charge in [0.2, 0.25) is 0 Å². The van der Waals surface area contributed by atoms with Gasteiger partial charge >= 0.3 is 5.97 Å². The summed E-state index contributed by atoms with van der Waals surface area (Å²) in [6, 6.07) is 10.9. The predicted octanol–water partition coefficient (Wildman–Crippen LogP) is 4.59. The predicted molar refractivity (Wildman–Crippen MR) is 127 cm³/mol. The Bertz CT molecular complexity index is 919. The highest BCUT2D eigenvalue weighted by molar-refractivity contribution is 5.99. The second-order valence-electron chi connectivity index (χ2n) is 8.09. The maximum absolute atomic E-state index is 12.8. The molecule has 0 bridgehead atoms. The summed E-state index contributed by atoms with van der Waals surface area (Å²) in [6.07, 6.45) is 1.24. The molecule has 0 aliphatic carbocycles. The summed E-state index contributed by atoms with van der Waals surface area (Å²) in [6.45, 7) is 7.85. The normalized spacial score (nSPS) is 14.5. The van der Waals surface area contributed by atoms with Crippen LogP contribution in [0.3, 0.4) is 0 Å². The van der Waals surface area contributed by atoms with Gasteiger partial charge in [0.05, 0.1) is 13.0 Å². The van der Waals surface area contributed by atoms with E-state index in [9.17, 15) is 14.7 Å². The maximum Gasteiger partial charge on any atom is 0.309 e. The molecule has 0 saturated heterocycles. The number of esters is 1. The highest BCUT2D eigenvalue weighted by Gasteiger charge is 2.33. The Kier molecular flexibility index (Phi) is 10.8. The van der Waals surface area contributed by atoms with Crippen LogP contribution in [0.5, 0.6) is 17.2 Å². The van der Waals surface area contributed by atoms with Crippen molar-refractivity contribution in [2.24, 2.45) is 5.92 Å². The van der Waals surface area contributed by atoms with Crippen LogP contribution in [0.15, 0.2) is 42.6 Å². The number of ketones is 1. The summed E-state index contributed by atoms with van der Waals surface area (Å²) in [4.78, 5) is 29.4. The van der Waals surface area contributed by atoms with E-state index in [0.29, 0.717) is 18.8 Å². The summed E-state index contributed by atoms with van der Waals surface area (Å²) in [7, 11) is 1.38. The molecule has 1 heterocycles. The van der Waals surface area contributed by atoms with E-state index in [1.54, 1.807) is 13.8 Å². The Morgan fingerprint density at radius 3 is 2.41 bits per heavy atom. The third-order valence-electron chi connectivity index (χ3n) is 5.34. The molecule has 0 fully saturated rings. The lowest BCUT2D eigenvalue weighted by molar-refractivity contribution is -0.166. The van der Waals surface area contributed by atoms with Crippen molar-refractivity contribution in [3.05, 3.63) is 48.3 Å². The van der Waals surface area contributed by atoms with Gasteiger partial charge in [0, 0.05) is 25.3 Å². The average Bonchev–Trinajstić information content (AvgIpc) is 2.84. The van der Waals surface area contributed by atoms with Gasteiger partial charge in [-0.3, -0.25) is 9.59 Å². The van der Waals surface area contributed by atoms with Gasteiger partial charge in [0.25, 0.3) is 0 Å². The topological polar surface area (TPSA) is 104 Å². The molecule has 0 radical (unpaired) electrons. The van der Waals surface area contributed by atoms with E-state index in [4.69, 9.17) is 18.9 Å². The number of carbonyl (C=O) groups is 2. The average molecular weight is 474 g/mol. The van der Waals surface area contributed by atoms with Gasteiger partial charge in [-0.2, -0.15) is 0 Å². The molecule has 34 heavy (non-hydrogen) atoms. The Morgan fingerprint density at radius 1 is 1.09 bits per heavy atom. The Balaban J connectivity index is 2.06. The summed E-state index contributed by atoms with van der Waals surface area (Å²) in [5.41, 5.74) is -0.140. The number of pyridine rings is 1. The second-order valence-corrected chi connectivity index (χ2v) is 8.09. The molecule has 1 aromatic heterocycles. The standard InChI is InChI=1S/C26H35NO7/c1-6-15-32-25(21(7-2)34-19-11-9-8-10-12-19)18(4)33-26(30)17(3)16-20(28)23-24(29)22(31-5)13-14-27-23/h8-14,17-18,21,25,29H,6-7,15-16H2,1-5H3/t17-,18+,21+,25+/m1/s1. The van der Waals surface area contributed by atoms with E-state index >= 15 is 0 Å². The van der Waals surface area contributed by atoms with Crippen LogP contribution in [0.4, 0.5) is 0 Å². The van der Waals surface area contributed by atoms with Crippen LogP contribution in [0.2, 0.25) is 0 Å². The summed E-state index contributed by atoms with van der Waals surface area (Å²) in [5.74, 6) is -1.26. The van der Waals surface area contributed by atoms with Crippen molar-refractivity contribution in [1.29, 1.82) is 0 Å². The number of para-hydroxylation sites is 1. The van der Waals surface area contributed by atoms with Gasteiger partial charge in [-0.25, -0.2) is 4.98 Å². The summed E-state index contributed by atoms with van der Waals surface area (Å²) in [5, 5.41) is 10.2. The molecular weight excluding hydrogens is 438 g/mol. The van der Waals surface area contributed by atoms with Gasteiger partial charge in [0.15, 0.2) is 23.0 Å². The Labute approximate surface area is 201 Å². The van der Waals surface area contributed by atoms with Crippen molar-refractivity contribution in [2.45, 2.75) is 65.3 Å². The third kappa shape index (κ3) is 7.45. The first-order valence-electron chi connectivity index (χ1n) is 11.6. The molecule has 1 aromatic carbocycles. The lowest BCUT2D eigenvalue weighted by atomic mass is 10.0. The van der Waals surface area contributed by atoms with E-state index in [1.807, 2.05) is 44.2 Å². The van der Waals surface area contributed by atoms with Gasteiger partial charge in [-0.15, -0.1) is 0 Å². The number of aromatic hydroxyl groups is 1. The molecule has 0 spiro atoms. The monoisotopic (exact) mass is 473 g/mol. The van der Waals surface area contributed by atoms with E-state index < -0.39 is 29.9 Å². The van der Waals surface area contributed by atoms with Gasteiger partial charge in [-0.1, -0.05) is 39.0 Å². The SMILES string of the molecule is CCCO[C@@H]([C@H](C)OC(=O)[C@H](C)CC(=O)c1nccc(OC)c1O)[C@H](CC)Oc1ccccc1. The quantitative estimate of drug-likeness (QED) is 0.314. The van der Waals surface area contributed by atoms with Crippen LogP contribution in [-0.2, 0) is 14.3 Å². The molecule has 186 valence electrons. The van der Waals surface area contributed by atoms with Crippen molar-refractivity contribution in [3.8, 4) is 17.2 Å². The number of ether oxygens (including phenoxy) is 4. The van der Waals surface area contributed by atoms with Crippen molar-refractivity contribution in [1.82, 2.24) is 4.98 Å². The number of aromatic nitrogens is 1. The van der Waals surface area contributed by atoms with Crippen LogP contribution < -0.4 is 9.47 Å². The number of rotatable bonds is 14. The minimum atomic E-state index is -0.746. The molecule has 1 N–H and O–H groups in total. The van der Waals surface area contributed by atoms with E-state index in [2.05, 4.69) is 4.98 Å². The first-order chi connectivity index (χ1) is 16.3. The minimum absolute atomic E-state index is 0.140. The zero-order chi connectivity index (χ0) is 25.1. The van der Waals surface area contributed by atoms with Gasteiger partial charge in [-0.05, 0) is 31.9 Å². The number of carbonyl (C=O) groups excluding carboxylic acids is 2. The number of hydrogen-bond donors (Lipinski definition) is 1. The van der Waals surface area contributed by atoms with Crippen LogP contribution in [0.25, 0.3) is 0 Å². The zero-order valence-electron chi connectivity index (χ0n) is 20.5. The minimum Gasteiger partial charge on any atom is -0.503 e. The fraction of sp³-hybridized carbons (Fsp3) is 0.500. The molecule has 4 atom stereocenters. The van der Waals surface area contributed by atoms with Crippen LogP contribution in [0, 0.1) is 5.92 Å². The second kappa shape index (κ2) is 13.5. The van der Waals surface area contributed by atoms with Crippen molar-refractivity contribution >= 4 is 11.8 Å². The molecular formula is C26H35NO7. The molecule has 0 unspecified atom stereocenters. The fourth-order valence-electron chi connectivity index (χ4n) is 3.49. The molecule has 8 nitrogen and oxygen atoms in total. The number of hydrogen-bond acceptors (Lipinski definition) is 8. The molecule has 0 amide bonds. The smallest absolute Gasteiger partial charge is 0.309 e. The highest BCUT2D eigenvalue weighted by Crippen LogP contribution is 2.29. The number of nitrogens with zero attached hydrogens (tertiary/aromatic N) is 1. The molecule has 0 aliphatic heterocycles. The van der Waals surface area contributed by atoms with Crippen molar-refractivity contribution in [3.63, 3.8) is 0 Å². The van der Waals surface area contributed by atoms with Gasteiger partial charge in [0.1, 0.15) is 24.1 Å². The number of benzene rings is 1. The van der Waals surface area contributed by atoms with E-state index in [0.717, 1.165) is 6.42 Å². The van der Waals surface area contributed by atoms with Crippen molar-refractivity contribution in [2.75, 3.05) is 13.7 Å². The lowest BCUT2D eigenvalue weighted by Crippen LogP contribution is -2.44. The lowest BCUT2D eigenvalue weighted by Gasteiger charge is -2.32. The molecule has 2 rings (SSSR count). The van der Waals surface area contributed by atoms with Crippen LogP contribution in [0.1, 0.15) is 57.4 Å². The fourth-order valence-corrected chi connectivity index (χ4v) is 3.49. The van der Waals surface area contributed by atoms with Crippen LogP contribution >= 0.6 is 0 Å². The van der Waals surface area contributed by atoms with Gasteiger partial charge < -0.3 is 24.1 Å². The largest absolute Gasteiger partial charge is 0.503 e. The van der Waals surface area contributed by atoms with E-state index in [1.165, 1.54) is 19.4 Å². The first kappa shape index (κ1) is 27.1. The maximum atomic E-state index is 12.8. The first-order valence-corrected chi connectivity index (χ1v) is 11.6. The number of methoxy groups -OCH3 is 1.